The zero-order valence-electron chi connectivity index (χ0n) is 18.7. The van der Waals surface area contributed by atoms with Crippen LogP contribution >= 0.6 is 23.2 Å². The van der Waals surface area contributed by atoms with Gasteiger partial charge in [-0.05, 0) is 60.7 Å². The van der Waals surface area contributed by atoms with Crippen LogP contribution < -0.4 is 20.1 Å². The zero-order valence-corrected chi connectivity index (χ0v) is 20.2. The molecule has 0 aliphatic heterocycles. The fourth-order valence-corrected chi connectivity index (χ4v) is 3.45. The Morgan fingerprint density at radius 3 is 2.36 bits per heavy atom. The lowest BCUT2D eigenvalue weighted by molar-refractivity contribution is -0.120. The molecule has 0 bridgehead atoms. The lowest BCUT2D eigenvalue weighted by atomic mass is 10.2. The summed E-state index contributed by atoms with van der Waals surface area (Å²) in [7, 11) is 1.52. The van der Waals surface area contributed by atoms with Crippen molar-refractivity contribution in [3.05, 3.63) is 70.7 Å². The summed E-state index contributed by atoms with van der Waals surface area (Å²) in [5, 5.41) is 24.1. The van der Waals surface area contributed by atoms with Crippen molar-refractivity contribution in [2.45, 2.75) is 0 Å². The standard InChI is InChI=1S/C24H19Cl2N5O5/c1-35-16-7-9-20-17(11-16)22(23(33)29-20)31-30-21(32)12-36-15-5-2-13(3-6-15)27-24(34)28-14-4-8-18(25)19(26)10-14/h2-11,29,33H,12H2,1H3,(H2,27,28,34). The minimum atomic E-state index is -0.658. The Labute approximate surface area is 214 Å². The second-order valence-electron chi connectivity index (χ2n) is 7.35. The number of H-pyrrole nitrogens is 1. The van der Waals surface area contributed by atoms with Gasteiger partial charge in [-0.15, -0.1) is 10.2 Å². The highest BCUT2D eigenvalue weighted by Crippen LogP contribution is 2.37. The number of aromatic hydroxyl groups is 1. The fraction of sp³-hybridized carbons (Fsp3) is 0.0833. The van der Waals surface area contributed by atoms with Crippen LogP contribution in [0.15, 0.2) is 70.9 Å². The van der Waals surface area contributed by atoms with E-state index in [1.807, 2.05) is 0 Å². The molecule has 0 fully saturated rings. The van der Waals surface area contributed by atoms with Gasteiger partial charge in [0.1, 0.15) is 11.5 Å². The number of carbonyl (C=O) groups excluding carboxylic acids is 2. The van der Waals surface area contributed by atoms with Crippen LogP contribution in [0.1, 0.15) is 0 Å². The molecule has 0 unspecified atom stereocenters. The molecule has 12 heteroatoms. The highest BCUT2D eigenvalue weighted by atomic mass is 35.5. The number of aromatic nitrogens is 1. The van der Waals surface area contributed by atoms with Gasteiger partial charge in [0.15, 0.2) is 12.3 Å². The summed E-state index contributed by atoms with van der Waals surface area (Å²) in [5.74, 6) is 0.0722. The molecule has 0 saturated heterocycles. The Morgan fingerprint density at radius 1 is 0.944 bits per heavy atom. The first kappa shape index (κ1) is 24.8. The molecular formula is C24H19Cl2N5O5. The third kappa shape index (κ3) is 6.04. The Hall–Kier alpha value is -4.28. The van der Waals surface area contributed by atoms with Crippen LogP contribution in [0.3, 0.4) is 0 Å². The number of halogens is 2. The lowest BCUT2D eigenvalue weighted by Gasteiger charge is -2.09. The van der Waals surface area contributed by atoms with E-state index in [4.69, 9.17) is 32.7 Å². The summed E-state index contributed by atoms with van der Waals surface area (Å²) in [6, 6.07) is 15.7. The number of azo groups is 1. The number of hydrogen-bond acceptors (Lipinski definition) is 6. The van der Waals surface area contributed by atoms with Crippen LogP contribution in [0.2, 0.25) is 10.0 Å². The molecule has 4 N–H and O–H groups in total. The number of amides is 3. The average Bonchev–Trinajstić information content (AvgIpc) is 3.18. The maximum absolute atomic E-state index is 12.2. The number of nitrogens with one attached hydrogen (secondary N) is 3. The van der Waals surface area contributed by atoms with Crippen LogP contribution in [0.5, 0.6) is 17.4 Å². The van der Waals surface area contributed by atoms with E-state index in [2.05, 4.69) is 25.8 Å². The second-order valence-corrected chi connectivity index (χ2v) is 8.16. The van der Waals surface area contributed by atoms with Gasteiger partial charge in [0.25, 0.3) is 0 Å². The summed E-state index contributed by atoms with van der Waals surface area (Å²) in [6.07, 6.45) is 0. The minimum Gasteiger partial charge on any atom is -0.497 e. The van der Waals surface area contributed by atoms with Gasteiger partial charge in [-0.1, -0.05) is 23.2 Å². The average molecular weight is 528 g/mol. The predicted octanol–water partition coefficient (Wildman–Crippen LogP) is 6.52. The molecule has 10 nitrogen and oxygen atoms in total. The van der Waals surface area contributed by atoms with Crippen molar-refractivity contribution in [1.29, 1.82) is 0 Å². The van der Waals surface area contributed by atoms with E-state index in [-0.39, 0.29) is 18.2 Å². The van der Waals surface area contributed by atoms with Crippen LogP contribution in [-0.4, -0.2) is 35.7 Å². The lowest BCUT2D eigenvalue weighted by Crippen LogP contribution is -2.19. The monoisotopic (exact) mass is 527 g/mol. The van der Waals surface area contributed by atoms with Crippen molar-refractivity contribution in [1.82, 2.24) is 4.98 Å². The van der Waals surface area contributed by atoms with Gasteiger partial charge < -0.3 is 30.2 Å². The number of benzene rings is 3. The third-order valence-electron chi connectivity index (χ3n) is 4.87. The normalized spacial score (nSPS) is 11.0. The second kappa shape index (κ2) is 11.0. The highest BCUT2D eigenvalue weighted by Gasteiger charge is 2.12. The van der Waals surface area contributed by atoms with Crippen molar-refractivity contribution in [2.24, 2.45) is 10.2 Å². The summed E-state index contributed by atoms with van der Waals surface area (Å²) >= 11 is 11.8. The van der Waals surface area contributed by atoms with Gasteiger partial charge >= 0.3 is 11.9 Å². The minimum absolute atomic E-state index is 0.117. The van der Waals surface area contributed by atoms with Crippen molar-refractivity contribution < 1.29 is 24.2 Å². The summed E-state index contributed by atoms with van der Waals surface area (Å²) < 4.78 is 10.6. The molecule has 36 heavy (non-hydrogen) atoms. The Bertz CT molecular complexity index is 1450. The smallest absolute Gasteiger partial charge is 0.323 e. The molecule has 1 aromatic heterocycles. The number of aromatic amines is 1. The van der Waals surface area contributed by atoms with Crippen molar-refractivity contribution >= 4 is 63.1 Å². The molecule has 0 atom stereocenters. The molecule has 0 saturated carbocycles. The summed E-state index contributed by atoms with van der Waals surface area (Å²) in [6.45, 7) is -0.374. The number of hydrogen-bond donors (Lipinski definition) is 4. The van der Waals surface area contributed by atoms with Gasteiger partial charge in [0.05, 0.1) is 22.7 Å². The predicted molar refractivity (Wildman–Crippen MR) is 137 cm³/mol. The number of methoxy groups -OCH3 is 1. The summed E-state index contributed by atoms with van der Waals surface area (Å²) in [4.78, 5) is 27.0. The molecule has 0 aliphatic carbocycles. The largest absolute Gasteiger partial charge is 0.497 e. The maximum Gasteiger partial charge on any atom is 0.323 e. The van der Waals surface area contributed by atoms with E-state index in [1.165, 1.54) is 13.2 Å². The number of rotatable bonds is 7. The molecular weight excluding hydrogens is 509 g/mol. The maximum atomic E-state index is 12.2. The number of urea groups is 1. The first-order chi connectivity index (χ1) is 17.3. The number of ether oxygens (including phenoxy) is 2. The zero-order chi connectivity index (χ0) is 25.7. The first-order valence-corrected chi connectivity index (χ1v) is 11.2. The topological polar surface area (TPSA) is 137 Å². The van der Waals surface area contributed by atoms with E-state index in [1.54, 1.807) is 54.6 Å². The van der Waals surface area contributed by atoms with Gasteiger partial charge in [-0.3, -0.25) is 4.79 Å². The van der Waals surface area contributed by atoms with Gasteiger partial charge in [0, 0.05) is 16.8 Å². The summed E-state index contributed by atoms with van der Waals surface area (Å²) in [5.41, 5.74) is 1.71. The van der Waals surface area contributed by atoms with Crippen molar-refractivity contribution in [3.8, 4) is 17.4 Å². The molecule has 0 radical (unpaired) electrons. The van der Waals surface area contributed by atoms with E-state index >= 15 is 0 Å². The van der Waals surface area contributed by atoms with Crippen LogP contribution in [-0.2, 0) is 4.79 Å². The number of carbonyl (C=O) groups is 2. The van der Waals surface area contributed by atoms with Crippen molar-refractivity contribution in [3.63, 3.8) is 0 Å². The Morgan fingerprint density at radius 2 is 1.64 bits per heavy atom. The molecule has 3 amide bonds. The van der Waals surface area contributed by atoms with E-state index in [9.17, 15) is 14.7 Å². The van der Waals surface area contributed by atoms with Crippen LogP contribution in [0, 0.1) is 0 Å². The molecule has 3 aromatic carbocycles. The fourth-order valence-electron chi connectivity index (χ4n) is 3.15. The third-order valence-corrected chi connectivity index (χ3v) is 5.61. The number of nitrogens with zero attached hydrogens (tertiary/aromatic N) is 2. The SMILES string of the molecule is COc1ccc2[nH]c(O)c(N=NC(=O)COc3ccc(NC(=O)Nc4ccc(Cl)c(Cl)c4)cc3)c2c1. The van der Waals surface area contributed by atoms with E-state index < -0.39 is 11.9 Å². The molecule has 1 heterocycles. The van der Waals surface area contributed by atoms with E-state index in [0.717, 1.165) is 0 Å². The Kier molecular flexibility index (Phi) is 7.57. The Balaban J connectivity index is 1.30. The highest BCUT2D eigenvalue weighted by molar-refractivity contribution is 6.42. The molecule has 4 rings (SSSR count). The van der Waals surface area contributed by atoms with E-state index in [0.29, 0.717) is 43.8 Å². The van der Waals surface area contributed by atoms with Crippen LogP contribution in [0.25, 0.3) is 10.9 Å². The molecule has 184 valence electrons. The molecule has 0 spiro atoms. The van der Waals surface area contributed by atoms with Gasteiger partial charge in [-0.25, -0.2) is 4.79 Å². The number of anilines is 2. The quantitative estimate of drug-likeness (QED) is 0.202. The van der Waals surface area contributed by atoms with Gasteiger partial charge in [-0.2, -0.15) is 0 Å². The van der Waals surface area contributed by atoms with Crippen molar-refractivity contribution in [2.75, 3.05) is 24.4 Å². The molecule has 4 aromatic rings. The van der Waals surface area contributed by atoms with Gasteiger partial charge in [0.2, 0.25) is 5.88 Å². The van der Waals surface area contributed by atoms with Crippen LogP contribution in [0.4, 0.5) is 21.9 Å². The first-order valence-electron chi connectivity index (χ1n) is 10.4. The number of fused-ring (bicyclic) bond motifs is 1. The molecule has 0 aliphatic rings.